The third-order valence-corrected chi connectivity index (χ3v) is 9.92. The summed E-state index contributed by atoms with van der Waals surface area (Å²) in [5.41, 5.74) is 0.742. The number of nitrogens with zero attached hydrogens (tertiary/aromatic N) is 3. The topological polar surface area (TPSA) is 71.3 Å². The van der Waals surface area contributed by atoms with E-state index in [2.05, 4.69) is 25.9 Å². The summed E-state index contributed by atoms with van der Waals surface area (Å²) in [5.74, 6) is 1.52. The molecule has 6 rings (SSSR count). The van der Waals surface area contributed by atoms with E-state index in [1.165, 1.54) is 29.1 Å². The highest BCUT2D eigenvalue weighted by atomic mass is 32.2. The van der Waals surface area contributed by atoms with Crippen molar-refractivity contribution in [2.75, 3.05) is 0 Å². The maximum atomic E-state index is 13.5. The van der Waals surface area contributed by atoms with Crippen molar-refractivity contribution in [3.8, 4) is 11.3 Å². The molecule has 2 bridgehead atoms. The Morgan fingerprint density at radius 1 is 1.12 bits per heavy atom. The van der Waals surface area contributed by atoms with E-state index >= 15 is 0 Å². The fraction of sp³-hybridized carbons (Fsp3) is 0.367. The maximum Gasteiger partial charge on any atom is 0.416 e. The first-order valence-corrected chi connectivity index (χ1v) is 13.9. The van der Waals surface area contributed by atoms with Gasteiger partial charge in [-0.15, -0.1) is 5.10 Å². The summed E-state index contributed by atoms with van der Waals surface area (Å²) in [4.78, 5) is 15.4. The standard InChI is InChI=1S/C30H28F3N3O3S/c1-28(2)19-11-12-29(28,3)25(15-19)34-35-27-36(17-22-8-5-13-38-22)26(37)24(40-27)16-21-9-10-23(39-21)18-6-4-7-20(14-18)30(31,32)33/h4-10,13-14,16,19H,11-12,15,17H2,1-3H3/b24-16-,34-25+,35-27+. The SMILES string of the molecule is CC12CCC(C/C1=N\N=C1\S/C(=C\c3ccc(-c4cccc(C(F)(F)F)c4)o3)C(=O)N1Cc1ccco1)C2(C)C. The molecule has 0 spiro atoms. The zero-order valence-corrected chi connectivity index (χ0v) is 23.1. The zero-order valence-electron chi connectivity index (χ0n) is 22.3. The van der Waals surface area contributed by atoms with Gasteiger partial charge in [-0.25, -0.2) is 0 Å². The number of furan rings is 2. The van der Waals surface area contributed by atoms with Crippen LogP contribution in [0.3, 0.4) is 0 Å². The van der Waals surface area contributed by atoms with Crippen molar-refractivity contribution in [3.05, 3.63) is 76.8 Å². The molecule has 1 aliphatic heterocycles. The van der Waals surface area contributed by atoms with E-state index in [1.54, 1.807) is 42.7 Å². The van der Waals surface area contributed by atoms with Gasteiger partial charge in [-0.2, -0.15) is 18.3 Å². The largest absolute Gasteiger partial charge is 0.467 e. The second-order valence-corrected chi connectivity index (χ2v) is 12.3. The van der Waals surface area contributed by atoms with Crippen molar-refractivity contribution >= 4 is 34.6 Å². The molecule has 2 atom stereocenters. The molecule has 2 aromatic heterocycles. The van der Waals surface area contributed by atoms with Crippen LogP contribution in [0.1, 0.15) is 57.1 Å². The average Bonchev–Trinajstić information content (AvgIpc) is 3.71. The number of carbonyl (C=O) groups is 1. The molecule has 1 amide bonds. The van der Waals surface area contributed by atoms with Crippen LogP contribution >= 0.6 is 11.8 Å². The molecule has 3 fully saturated rings. The summed E-state index contributed by atoms with van der Waals surface area (Å²) in [6.45, 7) is 7.06. The van der Waals surface area contributed by atoms with Crippen LogP contribution in [0, 0.1) is 16.7 Å². The van der Waals surface area contributed by atoms with Gasteiger partial charge in [0.05, 0.1) is 23.3 Å². The highest BCUT2D eigenvalue weighted by Crippen LogP contribution is 2.64. The van der Waals surface area contributed by atoms with Gasteiger partial charge in [0.1, 0.15) is 17.3 Å². The molecule has 3 aromatic rings. The van der Waals surface area contributed by atoms with Crippen molar-refractivity contribution in [2.24, 2.45) is 27.0 Å². The first-order valence-electron chi connectivity index (χ1n) is 13.1. The molecule has 2 aliphatic carbocycles. The third kappa shape index (κ3) is 4.52. The van der Waals surface area contributed by atoms with Gasteiger partial charge in [0.2, 0.25) is 0 Å². The van der Waals surface area contributed by atoms with Gasteiger partial charge in [0, 0.05) is 22.8 Å². The van der Waals surface area contributed by atoms with Crippen LogP contribution in [0.5, 0.6) is 0 Å². The van der Waals surface area contributed by atoms with Crippen LogP contribution < -0.4 is 0 Å². The Morgan fingerprint density at radius 3 is 2.62 bits per heavy atom. The predicted molar refractivity (Wildman–Crippen MR) is 148 cm³/mol. The fourth-order valence-corrected chi connectivity index (χ4v) is 6.94. The molecule has 6 nitrogen and oxygen atoms in total. The first-order chi connectivity index (χ1) is 19.0. The number of alkyl halides is 3. The lowest BCUT2D eigenvalue weighted by Crippen LogP contribution is -2.32. The molecule has 3 heterocycles. The molecule has 1 aromatic carbocycles. The average molecular weight is 568 g/mol. The molecule has 3 aliphatic rings. The number of thioether (sulfide) groups is 1. The second-order valence-electron chi connectivity index (χ2n) is 11.3. The molecule has 2 unspecified atom stereocenters. The van der Waals surface area contributed by atoms with Gasteiger partial charge in [0.15, 0.2) is 5.17 Å². The number of carbonyl (C=O) groups excluding carboxylic acids is 1. The number of amides is 1. The minimum Gasteiger partial charge on any atom is -0.467 e. The van der Waals surface area contributed by atoms with Gasteiger partial charge in [-0.05, 0) is 78.8 Å². The minimum atomic E-state index is -4.46. The summed E-state index contributed by atoms with van der Waals surface area (Å²) in [6.07, 6.45) is 1.85. The van der Waals surface area contributed by atoms with Crippen LogP contribution in [0.15, 0.2) is 78.7 Å². The molecule has 10 heteroatoms. The number of fused-ring (bicyclic) bond motifs is 2. The maximum absolute atomic E-state index is 13.5. The Balaban J connectivity index is 1.30. The molecular formula is C30H28F3N3O3S. The molecular weight excluding hydrogens is 539 g/mol. The van der Waals surface area contributed by atoms with Gasteiger partial charge in [-0.1, -0.05) is 32.9 Å². The Kier molecular flexibility index (Phi) is 6.36. The summed E-state index contributed by atoms with van der Waals surface area (Å²) in [6, 6.07) is 11.7. The number of hydrogen-bond donors (Lipinski definition) is 0. The Hall–Kier alpha value is -3.53. The predicted octanol–water partition coefficient (Wildman–Crippen LogP) is 8.23. The molecule has 208 valence electrons. The van der Waals surface area contributed by atoms with Crippen molar-refractivity contribution < 1.29 is 26.8 Å². The van der Waals surface area contributed by atoms with E-state index in [0.29, 0.717) is 33.1 Å². The minimum absolute atomic E-state index is 0.0203. The normalized spacial score (nSPS) is 27.1. The lowest BCUT2D eigenvalue weighted by atomic mass is 9.70. The number of benzene rings is 1. The lowest BCUT2D eigenvalue weighted by Gasteiger charge is -2.34. The second kappa shape index (κ2) is 9.54. The molecule has 40 heavy (non-hydrogen) atoms. The van der Waals surface area contributed by atoms with Gasteiger partial charge >= 0.3 is 6.18 Å². The highest BCUT2D eigenvalue weighted by molar-refractivity contribution is 8.18. The van der Waals surface area contributed by atoms with Crippen LogP contribution in [0.2, 0.25) is 0 Å². The zero-order chi connectivity index (χ0) is 28.3. The van der Waals surface area contributed by atoms with Gasteiger partial charge in [-0.3, -0.25) is 9.69 Å². The van der Waals surface area contributed by atoms with Crippen molar-refractivity contribution in [3.63, 3.8) is 0 Å². The summed E-state index contributed by atoms with van der Waals surface area (Å²) in [7, 11) is 0. The van der Waals surface area contributed by atoms with Crippen LogP contribution in [-0.4, -0.2) is 21.7 Å². The van der Waals surface area contributed by atoms with E-state index in [0.717, 1.165) is 30.7 Å². The van der Waals surface area contributed by atoms with Crippen molar-refractivity contribution in [1.29, 1.82) is 0 Å². The number of amidine groups is 1. The molecule has 0 radical (unpaired) electrons. The summed E-state index contributed by atoms with van der Waals surface area (Å²) in [5, 5.41) is 9.72. The van der Waals surface area contributed by atoms with E-state index < -0.39 is 11.7 Å². The van der Waals surface area contributed by atoms with Crippen molar-refractivity contribution in [1.82, 2.24) is 4.90 Å². The van der Waals surface area contributed by atoms with E-state index in [1.807, 2.05) is 0 Å². The van der Waals surface area contributed by atoms with Crippen molar-refractivity contribution in [2.45, 2.75) is 52.8 Å². The van der Waals surface area contributed by atoms with E-state index in [-0.39, 0.29) is 29.0 Å². The quantitative estimate of drug-likeness (QED) is 0.230. The number of halogens is 3. The summed E-state index contributed by atoms with van der Waals surface area (Å²) < 4.78 is 50.8. The molecule has 1 saturated heterocycles. The number of rotatable bonds is 5. The Morgan fingerprint density at radius 2 is 1.95 bits per heavy atom. The summed E-state index contributed by atoms with van der Waals surface area (Å²) >= 11 is 1.19. The van der Waals surface area contributed by atoms with Crippen LogP contribution in [0.4, 0.5) is 13.2 Å². The smallest absolute Gasteiger partial charge is 0.416 e. The Labute approximate surface area is 234 Å². The monoisotopic (exact) mass is 567 g/mol. The van der Waals surface area contributed by atoms with Crippen LogP contribution in [0.25, 0.3) is 17.4 Å². The highest BCUT2D eigenvalue weighted by Gasteiger charge is 2.60. The molecule has 0 N–H and O–H groups in total. The number of hydrogen-bond acceptors (Lipinski definition) is 6. The van der Waals surface area contributed by atoms with Gasteiger partial charge in [0.25, 0.3) is 5.91 Å². The van der Waals surface area contributed by atoms with Gasteiger partial charge < -0.3 is 8.83 Å². The van der Waals surface area contributed by atoms with E-state index in [4.69, 9.17) is 13.9 Å². The fourth-order valence-electron chi connectivity index (χ4n) is 6.03. The lowest BCUT2D eigenvalue weighted by molar-refractivity contribution is -0.137. The van der Waals surface area contributed by atoms with E-state index in [9.17, 15) is 18.0 Å². The third-order valence-electron chi connectivity index (χ3n) is 8.93. The Bertz CT molecular complexity index is 1550. The first kappa shape index (κ1) is 26.7. The van der Waals surface area contributed by atoms with Crippen LogP contribution in [-0.2, 0) is 17.5 Å². The molecule has 2 saturated carbocycles.